The molecule has 0 saturated carbocycles. The van der Waals surface area contributed by atoms with Gasteiger partial charge in [-0.2, -0.15) is 0 Å². The number of nitrogens with zero attached hydrogens (tertiary/aromatic N) is 3. The molecule has 0 unspecified atom stereocenters. The smallest absolute Gasteiger partial charge is 0.272 e. The Morgan fingerprint density at radius 3 is 2.60 bits per heavy atom. The Morgan fingerprint density at radius 2 is 2.00 bits per heavy atom. The number of aryl methyl sites for hydroxylation is 2. The second-order valence-electron chi connectivity index (χ2n) is 5.73. The summed E-state index contributed by atoms with van der Waals surface area (Å²) in [5.41, 5.74) is 2.85. The van der Waals surface area contributed by atoms with Gasteiger partial charge in [0.25, 0.3) is 11.6 Å². The summed E-state index contributed by atoms with van der Waals surface area (Å²) in [6.07, 6.45) is 0. The minimum Gasteiger partial charge on any atom is -0.284 e. The van der Waals surface area contributed by atoms with Crippen molar-refractivity contribution >= 4 is 38.3 Å². The second kappa shape index (κ2) is 6.60. The molecule has 7 heteroatoms. The number of amides is 1. The van der Waals surface area contributed by atoms with Crippen molar-refractivity contribution in [3.05, 3.63) is 63.2 Å². The van der Waals surface area contributed by atoms with Crippen LogP contribution in [0, 0.1) is 24.0 Å². The van der Waals surface area contributed by atoms with Crippen LogP contribution in [0.5, 0.6) is 0 Å². The molecule has 25 heavy (non-hydrogen) atoms. The fourth-order valence-corrected chi connectivity index (χ4v) is 3.81. The van der Waals surface area contributed by atoms with E-state index in [1.807, 2.05) is 32.0 Å². The second-order valence-corrected chi connectivity index (χ2v) is 6.73. The van der Waals surface area contributed by atoms with Crippen molar-refractivity contribution in [1.82, 2.24) is 4.98 Å². The Balaban J connectivity index is 1.99. The summed E-state index contributed by atoms with van der Waals surface area (Å²) in [6.45, 7) is 5.97. The Kier molecular flexibility index (Phi) is 4.50. The van der Waals surface area contributed by atoms with Gasteiger partial charge in [-0.1, -0.05) is 23.5 Å². The molecular formula is C18H17N3O3S. The maximum atomic E-state index is 12.9. The molecule has 0 radical (unpaired) electrons. The van der Waals surface area contributed by atoms with Crippen LogP contribution in [0.25, 0.3) is 10.2 Å². The fraction of sp³-hybridized carbons (Fsp3) is 0.222. The van der Waals surface area contributed by atoms with Crippen molar-refractivity contribution in [3.63, 3.8) is 0 Å². The van der Waals surface area contributed by atoms with Gasteiger partial charge >= 0.3 is 0 Å². The van der Waals surface area contributed by atoms with E-state index in [-0.39, 0.29) is 11.6 Å². The zero-order chi connectivity index (χ0) is 18.1. The van der Waals surface area contributed by atoms with Gasteiger partial charge in [-0.3, -0.25) is 19.8 Å². The number of hydrogen-bond acceptors (Lipinski definition) is 5. The number of para-hydroxylation sites is 1. The summed E-state index contributed by atoms with van der Waals surface area (Å²) in [5, 5.41) is 11.6. The van der Waals surface area contributed by atoms with E-state index in [1.165, 1.54) is 23.5 Å². The van der Waals surface area contributed by atoms with Gasteiger partial charge in [0.2, 0.25) is 0 Å². The van der Waals surface area contributed by atoms with Crippen LogP contribution in [0.3, 0.4) is 0 Å². The molecule has 1 aromatic heterocycles. The fourth-order valence-electron chi connectivity index (χ4n) is 2.70. The molecule has 128 valence electrons. The summed E-state index contributed by atoms with van der Waals surface area (Å²) in [4.78, 5) is 29.6. The van der Waals surface area contributed by atoms with Crippen LogP contribution in [0.15, 0.2) is 36.4 Å². The highest BCUT2D eigenvalue weighted by molar-refractivity contribution is 7.22. The Hall–Kier alpha value is -2.80. The zero-order valence-corrected chi connectivity index (χ0v) is 15.0. The average Bonchev–Trinajstić information content (AvgIpc) is 3.00. The standard InChI is InChI=1S/C18H17N3O3S/c1-4-20(18-19-16-11(2)6-5-7-15(16)25-18)17(22)13-8-9-14(21(23)24)12(3)10-13/h5-10H,4H2,1-3H3. The van der Waals surface area contributed by atoms with Gasteiger partial charge < -0.3 is 0 Å². The predicted octanol–water partition coefficient (Wildman–Crippen LogP) is 4.49. The van der Waals surface area contributed by atoms with E-state index >= 15 is 0 Å². The number of aromatic nitrogens is 1. The maximum absolute atomic E-state index is 12.9. The van der Waals surface area contributed by atoms with E-state index in [9.17, 15) is 14.9 Å². The van der Waals surface area contributed by atoms with Crippen molar-refractivity contribution in [2.75, 3.05) is 11.4 Å². The number of nitro benzene ring substituents is 1. The van der Waals surface area contributed by atoms with Crippen LogP contribution in [-0.2, 0) is 0 Å². The van der Waals surface area contributed by atoms with E-state index in [0.29, 0.717) is 22.8 Å². The summed E-state index contributed by atoms with van der Waals surface area (Å²) in [6, 6.07) is 10.4. The number of anilines is 1. The van der Waals surface area contributed by atoms with Crippen molar-refractivity contribution in [3.8, 4) is 0 Å². The first kappa shape index (κ1) is 17.0. The molecule has 0 bridgehead atoms. The number of nitro groups is 1. The lowest BCUT2D eigenvalue weighted by Crippen LogP contribution is -2.30. The molecule has 2 aromatic carbocycles. The number of carbonyl (C=O) groups excluding carboxylic acids is 1. The molecule has 1 amide bonds. The van der Waals surface area contributed by atoms with Gasteiger partial charge in [0, 0.05) is 23.7 Å². The average molecular weight is 355 g/mol. The number of thiazole rings is 1. The van der Waals surface area contributed by atoms with Gasteiger partial charge in [0.15, 0.2) is 5.13 Å². The van der Waals surface area contributed by atoms with Crippen molar-refractivity contribution in [2.24, 2.45) is 0 Å². The summed E-state index contributed by atoms with van der Waals surface area (Å²) in [7, 11) is 0. The first-order chi connectivity index (χ1) is 11.9. The van der Waals surface area contributed by atoms with Gasteiger partial charge in [-0.05, 0) is 44.5 Å². The van der Waals surface area contributed by atoms with E-state index in [0.717, 1.165) is 15.8 Å². The first-order valence-corrected chi connectivity index (χ1v) is 8.67. The third-order valence-electron chi connectivity index (χ3n) is 4.04. The number of hydrogen-bond donors (Lipinski definition) is 0. The molecule has 6 nitrogen and oxygen atoms in total. The SMILES string of the molecule is CCN(C(=O)c1ccc([N+](=O)[O-])c(C)c1)c1nc2c(C)cccc2s1. The van der Waals surface area contributed by atoms with Gasteiger partial charge in [0.05, 0.1) is 15.1 Å². The molecule has 3 aromatic rings. The molecular weight excluding hydrogens is 338 g/mol. The number of rotatable bonds is 4. The van der Waals surface area contributed by atoms with Crippen LogP contribution in [0.1, 0.15) is 28.4 Å². The van der Waals surface area contributed by atoms with E-state index in [1.54, 1.807) is 17.9 Å². The predicted molar refractivity (Wildman–Crippen MR) is 99.5 cm³/mol. The minimum atomic E-state index is -0.447. The van der Waals surface area contributed by atoms with E-state index < -0.39 is 4.92 Å². The molecule has 3 rings (SSSR count). The third kappa shape index (κ3) is 3.10. The Morgan fingerprint density at radius 1 is 1.24 bits per heavy atom. The molecule has 0 aliphatic heterocycles. The summed E-state index contributed by atoms with van der Waals surface area (Å²) < 4.78 is 1.03. The lowest BCUT2D eigenvalue weighted by molar-refractivity contribution is -0.385. The lowest BCUT2D eigenvalue weighted by Gasteiger charge is -2.17. The number of carbonyl (C=O) groups is 1. The van der Waals surface area contributed by atoms with Crippen LogP contribution >= 0.6 is 11.3 Å². The molecule has 0 spiro atoms. The van der Waals surface area contributed by atoms with E-state index in [2.05, 4.69) is 4.98 Å². The highest BCUT2D eigenvalue weighted by Crippen LogP contribution is 2.31. The molecule has 0 N–H and O–H groups in total. The van der Waals surface area contributed by atoms with Crippen LogP contribution in [0.2, 0.25) is 0 Å². The minimum absolute atomic E-state index is 0.00945. The quantitative estimate of drug-likeness (QED) is 0.510. The van der Waals surface area contributed by atoms with Gasteiger partial charge in [-0.25, -0.2) is 4.98 Å². The van der Waals surface area contributed by atoms with Crippen LogP contribution in [-0.4, -0.2) is 22.4 Å². The van der Waals surface area contributed by atoms with Crippen molar-refractivity contribution < 1.29 is 9.72 Å². The normalized spacial score (nSPS) is 10.8. The van der Waals surface area contributed by atoms with Crippen molar-refractivity contribution in [1.29, 1.82) is 0 Å². The third-order valence-corrected chi connectivity index (χ3v) is 5.09. The van der Waals surface area contributed by atoms with Crippen LogP contribution in [0.4, 0.5) is 10.8 Å². The lowest BCUT2D eigenvalue weighted by atomic mass is 10.1. The Labute approximate surface area is 148 Å². The highest BCUT2D eigenvalue weighted by Gasteiger charge is 2.22. The number of benzene rings is 2. The molecule has 0 saturated heterocycles. The summed E-state index contributed by atoms with van der Waals surface area (Å²) in [5.74, 6) is -0.211. The molecule has 0 fully saturated rings. The zero-order valence-electron chi connectivity index (χ0n) is 14.1. The molecule has 1 heterocycles. The topological polar surface area (TPSA) is 76.3 Å². The van der Waals surface area contributed by atoms with Gasteiger partial charge in [0.1, 0.15) is 0 Å². The molecule has 0 atom stereocenters. The molecule has 0 aliphatic rings. The number of fused-ring (bicyclic) bond motifs is 1. The van der Waals surface area contributed by atoms with Crippen molar-refractivity contribution in [2.45, 2.75) is 20.8 Å². The summed E-state index contributed by atoms with van der Waals surface area (Å²) >= 11 is 1.47. The molecule has 0 aliphatic carbocycles. The monoisotopic (exact) mass is 355 g/mol. The highest BCUT2D eigenvalue weighted by atomic mass is 32.1. The van der Waals surface area contributed by atoms with Gasteiger partial charge in [-0.15, -0.1) is 0 Å². The van der Waals surface area contributed by atoms with Crippen LogP contribution < -0.4 is 4.90 Å². The van der Waals surface area contributed by atoms with E-state index in [4.69, 9.17) is 0 Å². The Bertz CT molecular complexity index is 981. The maximum Gasteiger partial charge on any atom is 0.272 e. The first-order valence-electron chi connectivity index (χ1n) is 7.85. The largest absolute Gasteiger partial charge is 0.284 e.